The van der Waals surface area contributed by atoms with Crippen molar-refractivity contribution in [1.29, 1.82) is 0 Å². The monoisotopic (exact) mass is 267 g/mol. The minimum atomic E-state index is 0.820. The molecule has 1 aliphatic rings. The predicted molar refractivity (Wildman–Crippen MR) is 82.5 cm³/mol. The van der Waals surface area contributed by atoms with Crippen LogP contribution < -0.4 is 5.32 Å². The first kappa shape index (κ1) is 13.1. The Hall–Kier alpha value is -1.87. The SMILES string of the molecule is c1cncc(CNc2cccc(CN3CCCC3)c2)c1. The zero-order valence-corrected chi connectivity index (χ0v) is 11.8. The molecule has 0 radical (unpaired) electrons. The summed E-state index contributed by atoms with van der Waals surface area (Å²) in [7, 11) is 0. The maximum Gasteiger partial charge on any atom is 0.0416 e. The molecule has 1 saturated heterocycles. The first-order chi connectivity index (χ1) is 9.90. The summed E-state index contributed by atoms with van der Waals surface area (Å²) in [6.45, 7) is 4.38. The van der Waals surface area contributed by atoms with Gasteiger partial charge in [0.2, 0.25) is 0 Å². The van der Waals surface area contributed by atoms with Crippen LogP contribution in [0.25, 0.3) is 0 Å². The molecule has 3 rings (SSSR count). The van der Waals surface area contributed by atoms with Gasteiger partial charge in [-0.3, -0.25) is 9.88 Å². The highest BCUT2D eigenvalue weighted by Gasteiger charge is 2.11. The third-order valence-electron chi connectivity index (χ3n) is 3.75. The summed E-state index contributed by atoms with van der Waals surface area (Å²) in [6.07, 6.45) is 6.40. The average molecular weight is 267 g/mol. The number of likely N-dealkylation sites (tertiary alicyclic amines) is 1. The van der Waals surface area contributed by atoms with E-state index < -0.39 is 0 Å². The number of nitrogens with zero attached hydrogens (tertiary/aromatic N) is 2. The van der Waals surface area contributed by atoms with Gasteiger partial charge in [-0.15, -0.1) is 0 Å². The lowest BCUT2D eigenvalue weighted by Gasteiger charge is -2.15. The molecule has 0 bridgehead atoms. The fraction of sp³-hybridized carbons (Fsp3) is 0.353. The van der Waals surface area contributed by atoms with Gasteiger partial charge in [-0.1, -0.05) is 18.2 Å². The van der Waals surface area contributed by atoms with E-state index in [0.717, 1.165) is 13.1 Å². The first-order valence-corrected chi connectivity index (χ1v) is 7.34. The standard InChI is InChI=1S/C17H21N3/c1-2-10-20(9-1)14-15-5-3-7-17(11-15)19-13-16-6-4-8-18-12-16/h3-8,11-12,19H,1-2,9-10,13-14H2. The largest absolute Gasteiger partial charge is 0.381 e. The smallest absolute Gasteiger partial charge is 0.0416 e. The topological polar surface area (TPSA) is 28.2 Å². The molecule has 3 nitrogen and oxygen atoms in total. The Morgan fingerprint density at radius 1 is 1.05 bits per heavy atom. The van der Waals surface area contributed by atoms with Crippen LogP contribution in [0.15, 0.2) is 48.8 Å². The number of rotatable bonds is 5. The van der Waals surface area contributed by atoms with Crippen LogP contribution in [0.2, 0.25) is 0 Å². The van der Waals surface area contributed by atoms with Crippen LogP contribution in [0.4, 0.5) is 5.69 Å². The fourth-order valence-corrected chi connectivity index (χ4v) is 2.69. The highest BCUT2D eigenvalue weighted by Crippen LogP contribution is 2.16. The lowest BCUT2D eigenvalue weighted by atomic mass is 10.2. The summed E-state index contributed by atoms with van der Waals surface area (Å²) < 4.78 is 0. The average Bonchev–Trinajstić information content (AvgIpc) is 3.00. The number of benzene rings is 1. The molecule has 0 saturated carbocycles. The van der Waals surface area contributed by atoms with Crippen LogP contribution in [-0.4, -0.2) is 23.0 Å². The number of nitrogens with one attached hydrogen (secondary N) is 1. The second-order valence-corrected chi connectivity index (χ2v) is 5.40. The lowest BCUT2D eigenvalue weighted by molar-refractivity contribution is 0.331. The molecule has 3 heteroatoms. The van der Waals surface area contributed by atoms with E-state index in [1.165, 1.54) is 42.7 Å². The van der Waals surface area contributed by atoms with Gasteiger partial charge in [-0.05, 0) is 55.3 Å². The maximum absolute atomic E-state index is 4.14. The van der Waals surface area contributed by atoms with E-state index in [1.807, 2.05) is 12.3 Å². The van der Waals surface area contributed by atoms with Gasteiger partial charge in [0.05, 0.1) is 0 Å². The molecule has 1 N–H and O–H groups in total. The van der Waals surface area contributed by atoms with Crippen LogP contribution in [-0.2, 0) is 13.1 Å². The fourth-order valence-electron chi connectivity index (χ4n) is 2.69. The molecule has 104 valence electrons. The van der Waals surface area contributed by atoms with Gasteiger partial charge in [-0.2, -0.15) is 0 Å². The van der Waals surface area contributed by atoms with Gasteiger partial charge in [-0.25, -0.2) is 0 Å². The molecule has 20 heavy (non-hydrogen) atoms. The highest BCUT2D eigenvalue weighted by atomic mass is 15.1. The van der Waals surface area contributed by atoms with E-state index >= 15 is 0 Å². The zero-order valence-electron chi connectivity index (χ0n) is 11.8. The Morgan fingerprint density at radius 3 is 2.70 bits per heavy atom. The molecule has 1 aliphatic heterocycles. The van der Waals surface area contributed by atoms with Gasteiger partial charge in [0.15, 0.2) is 0 Å². The first-order valence-electron chi connectivity index (χ1n) is 7.34. The van der Waals surface area contributed by atoms with E-state index in [0.29, 0.717) is 0 Å². The Bertz CT molecular complexity index is 533. The summed E-state index contributed by atoms with van der Waals surface area (Å²) in [5, 5.41) is 3.47. The molecule has 0 spiro atoms. The molecule has 2 heterocycles. The third kappa shape index (κ3) is 3.58. The summed E-state index contributed by atoms with van der Waals surface area (Å²) in [5.74, 6) is 0. The predicted octanol–water partition coefficient (Wildman–Crippen LogP) is 3.29. The number of pyridine rings is 1. The van der Waals surface area contributed by atoms with E-state index in [4.69, 9.17) is 0 Å². The normalized spacial score (nSPS) is 15.4. The lowest BCUT2D eigenvalue weighted by Crippen LogP contribution is -2.18. The molecule has 0 aliphatic carbocycles. The Balaban J connectivity index is 1.59. The van der Waals surface area contributed by atoms with Crippen LogP contribution in [0.3, 0.4) is 0 Å². The maximum atomic E-state index is 4.14. The quantitative estimate of drug-likeness (QED) is 0.901. The van der Waals surface area contributed by atoms with E-state index in [9.17, 15) is 0 Å². The van der Waals surface area contributed by atoms with Crippen molar-refractivity contribution < 1.29 is 0 Å². The molecule has 0 amide bonds. The van der Waals surface area contributed by atoms with Crippen molar-refractivity contribution >= 4 is 5.69 Å². The Morgan fingerprint density at radius 2 is 1.90 bits per heavy atom. The van der Waals surface area contributed by atoms with Gasteiger partial charge in [0, 0.05) is 31.2 Å². The molecule has 0 unspecified atom stereocenters. The van der Waals surface area contributed by atoms with Crippen molar-refractivity contribution in [3.05, 3.63) is 59.9 Å². The minimum absolute atomic E-state index is 0.820. The number of anilines is 1. The Labute approximate surface area is 120 Å². The molecule has 1 aromatic carbocycles. The van der Waals surface area contributed by atoms with Crippen LogP contribution in [0.5, 0.6) is 0 Å². The second-order valence-electron chi connectivity index (χ2n) is 5.40. The molecule has 1 aromatic heterocycles. The highest BCUT2D eigenvalue weighted by molar-refractivity contribution is 5.46. The van der Waals surface area contributed by atoms with E-state index in [-0.39, 0.29) is 0 Å². The van der Waals surface area contributed by atoms with Crippen LogP contribution >= 0.6 is 0 Å². The second kappa shape index (κ2) is 6.53. The summed E-state index contributed by atoms with van der Waals surface area (Å²) in [4.78, 5) is 6.66. The van der Waals surface area contributed by atoms with Gasteiger partial charge < -0.3 is 5.32 Å². The molecule has 2 aromatic rings. The summed E-state index contributed by atoms with van der Waals surface area (Å²) in [6, 6.07) is 12.8. The molecule has 0 atom stereocenters. The van der Waals surface area contributed by atoms with Crippen molar-refractivity contribution in [2.75, 3.05) is 18.4 Å². The van der Waals surface area contributed by atoms with Gasteiger partial charge in [0.1, 0.15) is 0 Å². The number of hydrogen-bond donors (Lipinski definition) is 1. The minimum Gasteiger partial charge on any atom is -0.381 e. The van der Waals surface area contributed by atoms with E-state index in [2.05, 4.69) is 45.5 Å². The number of hydrogen-bond acceptors (Lipinski definition) is 3. The van der Waals surface area contributed by atoms with Crippen molar-refractivity contribution in [2.45, 2.75) is 25.9 Å². The van der Waals surface area contributed by atoms with Crippen molar-refractivity contribution in [3.8, 4) is 0 Å². The van der Waals surface area contributed by atoms with Crippen molar-refractivity contribution in [3.63, 3.8) is 0 Å². The van der Waals surface area contributed by atoms with Crippen molar-refractivity contribution in [1.82, 2.24) is 9.88 Å². The van der Waals surface area contributed by atoms with Crippen molar-refractivity contribution in [2.24, 2.45) is 0 Å². The third-order valence-corrected chi connectivity index (χ3v) is 3.75. The zero-order chi connectivity index (χ0) is 13.6. The molecule has 1 fully saturated rings. The Kier molecular flexibility index (Phi) is 4.28. The van der Waals surface area contributed by atoms with Gasteiger partial charge in [0.25, 0.3) is 0 Å². The van der Waals surface area contributed by atoms with Crippen LogP contribution in [0.1, 0.15) is 24.0 Å². The number of aromatic nitrogens is 1. The molecular formula is C17H21N3. The molecular weight excluding hydrogens is 246 g/mol. The summed E-state index contributed by atoms with van der Waals surface area (Å²) in [5.41, 5.74) is 3.78. The van der Waals surface area contributed by atoms with Crippen LogP contribution in [0, 0.1) is 0 Å². The van der Waals surface area contributed by atoms with Gasteiger partial charge >= 0.3 is 0 Å². The van der Waals surface area contributed by atoms with E-state index in [1.54, 1.807) is 6.20 Å². The summed E-state index contributed by atoms with van der Waals surface area (Å²) >= 11 is 0.